The molecular formula is C17H16N2O2. The minimum atomic E-state index is -0.144. The number of benzene rings is 2. The molecule has 0 saturated carbocycles. The van der Waals surface area contributed by atoms with Crippen LogP contribution in [-0.4, -0.2) is 12.0 Å². The Hall–Kier alpha value is -2.59. The summed E-state index contributed by atoms with van der Waals surface area (Å²) in [5, 5.41) is 4.62. The second-order valence-electron chi connectivity index (χ2n) is 4.79. The van der Waals surface area contributed by atoms with E-state index in [1.807, 2.05) is 55.6 Å². The summed E-state index contributed by atoms with van der Waals surface area (Å²) < 4.78 is 5.86. The van der Waals surface area contributed by atoms with Gasteiger partial charge in [0.1, 0.15) is 5.75 Å². The molecule has 106 valence electrons. The third-order valence-electron chi connectivity index (χ3n) is 3.29. The number of H-pyrrole nitrogens is 1. The van der Waals surface area contributed by atoms with Gasteiger partial charge in [0, 0.05) is 23.6 Å². The molecule has 0 amide bonds. The fraction of sp³-hybridized carbons (Fsp3) is 0.118. The van der Waals surface area contributed by atoms with Gasteiger partial charge in [-0.2, -0.15) is 0 Å². The van der Waals surface area contributed by atoms with Gasteiger partial charge in [0.15, 0.2) is 0 Å². The first-order valence-corrected chi connectivity index (χ1v) is 6.80. The van der Waals surface area contributed by atoms with Crippen LogP contribution in [-0.2, 0) is 6.54 Å². The second-order valence-corrected chi connectivity index (χ2v) is 4.79. The van der Waals surface area contributed by atoms with Crippen LogP contribution >= 0.6 is 0 Å². The molecule has 0 aliphatic carbocycles. The predicted molar refractivity (Wildman–Crippen MR) is 83.8 cm³/mol. The normalized spacial score (nSPS) is 10.7. The van der Waals surface area contributed by atoms with Gasteiger partial charge < -0.3 is 10.1 Å². The standard InChI is InChI=1S/C17H16N2O2/c1-18-11-13-7-3-5-9-15(13)21-16-10-12-6-2-4-8-14(12)17(20)19-16/h2-10,18H,11H2,1H3,(H,19,20). The zero-order valence-electron chi connectivity index (χ0n) is 11.7. The molecule has 0 unspecified atom stereocenters. The maximum atomic E-state index is 12.1. The molecule has 0 radical (unpaired) electrons. The molecule has 0 aliphatic rings. The molecule has 4 nitrogen and oxygen atoms in total. The van der Waals surface area contributed by atoms with E-state index in [2.05, 4.69) is 10.3 Å². The topological polar surface area (TPSA) is 54.1 Å². The molecular weight excluding hydrogens is 264 g/mol. The highest BCUT2D eigenvalue weighted by Gasteiger charge is 2.06. The lowest BCUT2D eigenvalue weighted by Gasteiger charge is -2.11. The number of rotatable bonds is 4. The monoisotopic (exact) mass is 280 g/mol. The number of pyridine rings is 1. The molecule has 3 rings (SSSR count). The van der Waals surface area contributed by atoms with Crippen molar-refractivity contribution < 1.29 is 4.74 Å². The van der Waals surface area contributed by atoms with Gasteiger partial charge in [0.05, 0.1) is 0 Å². The van der Waals surface area contributed by atoms with Crippen molar-refractivity contribution in [1.82, 2.24) is 10.3 Å². The van der Waals surface area contributed by atoms with Gasteiger partial charge in [-0.25, -0.2) is 0 Å². The lowest BCUT2D eigenvalue weighted by atomic mass is 10.2. The molecule has 0 aliphatic heterocycles. The summed E-state index contributed by atoms with van der Waals surface area (Å²) >= 11 is 0. The number of nitrogens with one attached hydrogen (secondary N) is 2. The highest BCUT2D eigenvalue weighted by Crippen LogP contribution is 2.24. The number of hydrogen-bond donors (Lipinski definition) is 2. The lowest BCUT2D eigenvalue weighted by molar-refractivity contribution is 0.455. The molecule has 1 heterocycles. The number of hydrogen-bond acceptors (Lipinski definition) is 3. The van der Waals surface area contributed by atoms with Crippen LogP contribution in [0.5, 0.6) is 11.6 Å². The first kappa shape index (κ1) is 13.4. The van der Waals surface area contributed by atoms with Gasteiger partial charge in [-0.15, -0.1) is 0 Å². The van der Waals surface area contributed by atoms with E-state index < -0.39 is 0 Å². The summed E-state index contributed by atoms with van der Waals surface area (Å²) in [6.45, 7) is 0.702. The van der Waals surface area contributed by atoms with Crippen LogP contribution < -0.4 is 15.6 Å². The highest BCUT2D eigenvalue weighted by atomic mass is 16.5. The van der Waals surface area contributed by atoms with Crippen LogP contribution in [0.25, 0.3) is 10.8 Å². The third-order valence-corrected chi connectivity index (χ3v) is 3.29. The fourth-order valence-electron chi connectivity index (χ4n) is 2.30. The number of aromatic nitrogens is 1. The summed E-state index contributed by atoms with van der Waals surface area (Å²) in [5.74, 6) is 1.18. The number of aromatic amines is 1. The first-order valence-electron chi connectivity index (χ1n) is 6.80. The SMILES string of the molecule is CNCc1ccccc1Oc1cc2ccccc2c(=O)[nH]1. The van der Waals surface area contributed by atoms with Crippen LogP contribution in [0, 0.1) is 0 Å². The van der Waals surface area contributed by atoms with E-state index in [1.54, 1.807) is 6.07 Å². The predicted octanol–water partition coefficient (Wildman–Crippen LogP) is 3.04. The summed E-state index contributed by atoms with van der Waals surface area (Å²) in [4.78, 5) is 14.8. The van der Waals surface area contributed by atoms with E-state index in [4.69, 9.17) is 4.74 Å². The van der Waals surface area contributed by atoms with Gasteiger partial charge in [-0.1, -0.05) is 36.4 Å². The number of fused-ring (bicyclic) bond motifs is 1. The zero-order valence-corrected chi connectivity index (χ0v) is 11.7. The molecule has 2 aromatic carbocycles. The molecule has 21 heavy (non-hydrogen) atoms. The lowest BCUT2D eigenvalue weighted by Crippen LogP contribution is -2.09. The Bertz CT molecular complexity index is 824. The van der Waals surface area contributed by atoms with Crippen LogP contribution in [0.2, 0.25) is 0 Å². The summed E-state index contributed by atoms with van der Waals surface area (Å²) in [6.07, 6.45) is 0. The van der Waals surface area contributed by atoms with Crippen molar-refractivity contribution in [1.29, 1.82) is 0 Å². The highest BCUT2D eigenvalue weighted by molar-refractivity contribution is 5.82. The van der Waals surface area contributed by atoms with Gasteiger partial charge in [0.25, 0.3) is 5.56 Å². The van der Waals surface area contributed by atoms with E-state index in [9.17, 15) is 4.79 Å². The Balaban J connectivity index is 2.01. The van der Waals surface area contributed by atoms with Crippen LogP contribution in [0.4, 0.5) is 0 Å². The summed E-state index contributed by atoms with van der Waals surface area (Å²) in [6, 6.07) is 17.0. The average Bonchev–Trinajstić information content (AvgIpc) is 2.50. The molecule has 0 fully saturated rings. The van der Waals surface area contributed by atoms with E-state index >= 15 is 0 Å². The first-order chi connectivity index (χ1) is 10.3. The molecule has 2 N–H and O–H groups in total. The second kappa shape index (κ2) is 5.81. The van der Waals surface area contributed by atoms with Gasteiger partial charge in [0.2, 0.25) is 5.88 Å². The number of para-hydroxylation sites is 1. The smallest absolute Gasteiger partial charge is 0.258 e. The summed E-state index contributed by atoms with van der Waals surface area (Å²) in [7, 11) is 1.88. The van der Waals surface area contributed by atoms with E-state index in [-0.39, 0.29) is 5.56 Å². The average molecular weight is 280 g/mol. The van der Waals surface area contributed by atoms with Crippen molar-refractivity contribution in [3.63, 3.8) is 0 Å². The molecule has 3 aromatic rings. The van der Waals surface area contributed by atoms with Crippen LogP contribution in [0.1, 0.15) is 5.56 Å². The largest absolute Gasteiger partial charge is 0.441 e. The molecule has 1 aromatic heterocycles. The Labute approximate surface area is 122 Å². The Morgan fingerprint density at radius 3 is 2.71 bits per heavy atom. The number of ether oxygens (including phenoxy) is 1. The Kier molecular flexibility index (Phi) is 3.71. The fourth-order valence-corrected chi connectivity index (χ4v) is 2.30. The molecule has 0 spiro atoms. The summed E-state index contributed by atoms with van der Waals surface area (Å²) in [5.41, 5.74) is 0.892. The van der Waals surface area contributed by atoms with Crippen molar-refractivity contribution in [2.45, 2.75) is 6.54 Å². The minimum Gasteiger partial charge on any atom is -0.441 e. The van der Waals surface area contributed by atoms with Crippen molar-refractivity contribution in [2.24, 2.45) is 0 Å². The van der Waals surface area contributed by atoms with Crippen molar-refractivity contribution in [3.8, 4) is 11.6 Å². The van der Waals surface area contributed by atoms with Crippen molar-refractivity contribution >= 4 is 10.8 Å². The molecule has 0 saturated heterocycles. The van der Waals surface area contributed by atoms with E-state index in [0.717, 1.165) is 16.7 Å². The van der Waals surface area contributed by atoms with E-state index in [0.29, 0.717) is 17.8 Å². The van der Waals surface area contributed by atoms with Crippen molar-refractivity contribution in [2.75, 3.05) is 7.05 Å². The van der Waals surface area contributed by atoms with Crippen LogP contribution in [0.3, 0.4) is 0 Å². The van der Waals surface area contributed by atoms with Crippen molar-refractivity contribution in [3.05, 3.63) is 70.5 Å². The molecule has 0 atom stereocenters. The minimum absolute atomic E-state index is 0.144. The molecule has 4 heteroatoms. The van der Waals surface area contributed by atoms with Gasteiger partial charge >= 0.3 is 0 Å². The van der Waals surface area contributed by atoms with Gasteiger partial charge in [-0.3, -0.25) is 9.78 Å². The maximum absolute atomic E-state index is 12.1. The molecule has 0 bridgehead atoms. The zero-order chi connectivity index (χ0) is 14.7. The quantitative estimate of drug-likeness (QED) is 0.772. The van der Waals surface area contributed by atoms with E-state index in [1.165, 1.54) is 0 Å². The Morgan fingerprint density at radius 2 is 1.86 bits per heavy atom. The Morgan fingerprint density at radius 1 is 1.10 bits per heavy atom. The maximum Gasteiger partial charge on any atom is 0.258 e. The third kappa shape index (κ3) is 2.80. The van der Waals surface area contributed by atoms with Crippen LogP contribution in [0.15, 0.2) is 59.4 Å². The van der Waals surface area contributed by atoms with Gasteiger partial charge in [-0.05, 0) is 24.6 Å².